The monoisotopic (exact) mass is 209 g/mol. The van der Waals surface area contributed by atoms with Gasteiger partial charge in [0.25, 0.3) is 0 Å². The van der Waals surface area contributed by atoms with Gasteiger partial charge < -0.3 is 9.15 Å². The lowest BCUT2D eigenvalue weighted by molar-refractivity contribution is -0.117. The number of furan rings is 1. The van der Waals surface area contributed by atoms with Gasteiger partial charge in [0.2, 0.25) is 5.91 Å². The van der Waals surface area contributed by atoms with Crippen LogP contribution in [0.5, 0.6) is 0 Å². The summed E-state index contributed by atoms with van der Waals surface area (Å²) in [4.78, 5) is 11.6. The number of carbonyl (C=O) groups is 1. The Hall–Kier alpha value is -1.29. The van der Waals surface area contributed by atoms with Gasteiger partial charge in [-0.15, -0.1) is 0 Å². The molecule has 4 heteroatoms. The molecule has 0 aliphatic carbocycles. The second kappa shape index (κ2) is 4.98. The predicted molar refractivity (Wildman–Crippen MR) is 55.5 cm³/mol. The average Bonchev–Trinajstić information content (AvgIpc) is 2.71. The highest BCUT2D eigenvalue weighted by atomic mass is 16.5. The Balaban J connectivity index is 1.76. The van der Waals surface area contributed by atoms with Crippen LogP contribution in [-0.2, 0) is 9.53 Å². The summed E-state index contributed by atoms with van der Waals surface area (Å²) in [5.74, 6) is 0.998. The molecule has 0 bridgehead atoms. The van der Waals surface area contributed by atoms with Gasteiger partial charge in [-0.3, -0.25) is 10.1 Å². The lowest BCUT2D eigenvalue weighted by Gasteiger charge is -2.20. The number of amides is 1. The van der Waals surface area contributed by atoms with Crippen LogP contribution >= 0.6 is 0 Å². The third kappa shape index (κ3) is 3.09. The standard InChI is InChI=1S/C11H15NO3/c13-10(12-11-2-1-5-15-11)8-9-3-6-14-7-4-9/h1-2,5,9H,3-4,6-8H2,(H,12,13). The Bertz CT molecular complexity index is 302. The molecular weight excluding hydrogens is 194 g/mol. The van der Waals surface area contributed by atoms with Crippen molar-refractivity contribution in [1.29, 1.82) is 0 Å². The lowest BCUT2D eigenvalue weighted by atomic mass is 9.96. The van der Waals surface area contributed by atoms with E-state index in [1.54, 1.807) is 18.4 Å². The van der Waals surface area contributed by atoms with E-state index in [4.69, 9.17) is 9.15 Å². The van der Waals surface area contributed by atoms with E-state index in [9.17, 15) is 4.79 Å². The highest BCUT2D eigenvalue weighted by Crippen LogP contribution is 2.19. The van der Waals surface area contributed by atoms with Gasteiger partial charge >= 0.3 is 0 Å². The van der Waals surface area contributed by atoms with E-state index in [0.29, 0.717) is 18.2 Å². The molecule has 1 aromatic heterocycles. The van der Waals surface area contributed by atoms with E-state index in [1.807, 2.05) is 0 Å². The first kappa shape index (κ1) is 10.2. The molecule has 0 radical (unpaired) electrons. The molecule has 0 spiro atoms. The zero-order valence-electron chi connectivity index (χ0n) is 8.57. The summed E-state index contributed by atoms with van der Waals surface area (Å²) in [6.07, 6.45) is 4.06. The summed E-state index contributed by atoms with van der Waals surface area (Å²) in [7, 11) is 0. The van der Waals surface area contributed by atoms with Gasteiger partial charge in [-0.1, -0.05) is 0 Å². The van der Waals surface area contributed by atoms with Gasteiger partial charge in [-0.25, -0.2) is 0 Å². The molecule has 0 unspecified atom stereocenters. The Morgan fingerprint density at radius 3 is 2.93 bits per heavy atom. The Kier molecular flexibility index (Phi) is 3.40. The van der Waals surface area contributed by atoms with Crippen molar-refractivity contribution in [2.75, 3.05) is 18.5 Å². The minimum absolute atomic E-state index is 0.0249. The molecule has 1 saturated heterocycles. The molecule has 1 aliphatic heterocycles. The largest absolute Gasteiger partial charge is 0.449 e. The van der Waals surface area contributed by atoms with Gasteiger partial charge in [0.15, 0.2) is 5.88 Å². The van der Waals surface area contributed by atoms with E-state index in [2.05, 4.69) is 5.32 Å². The number of ether oxygens (including phenoxy) is 1. The molecule has 0 atom stereocenters. The number of rotatable bonds is 3. The Morgan fingerprint density at radius 2 is 2.27 bits per heavy atom. The fraction of sp³-hybridized carbons (Fsp3) is 0.545. The van der Waals surface area contributed by atoms with Crippen LogP contribution in [0.4, 0.5) is 5.88 Å². The van der Waals surface area contributed by atoms with Crippen molar-refractivity contribution < 1.29 is 13.9 Å². The number of nitrogens with one attached hydrogen (secondary N) is 1. The number of carbonyl (C=O) groups excluding carboxylic acids is 1. The second-order valence-electron chi connectivity index (χ2n) is 3.79. The van der Waals surface area contributed by atoms with Crippen LogP contribution in [0.2, 0.25) is 0 Å². The third-order valence-electron chi connectivity index (χ3n) is 2.60. The van der Waals surface area contributed by atoms with Crippen molar-refractivity contribution in [2.24, 2.45) is 5.92 Å². The third-order valence-corrected chi connectivity index (χ3v) is 2.60. The molecule has 2 rings (SSSR count). The maximum absolute atomic E-state index is 11.6. The van der Waals surface area contributed by atoms with Crippen molar-refractivity contribution in [3.05, 3.63) is 18.4 Å². The summed E-state index contributed by atoms with van der Waals surface area (Å²) >= 11 is 0. The highest BCUT2D eigenvalue weighted by Gasteiger charge is 2.17. The molecule has 1 N–H and O–H groups in total. The van der Waals surface area contributed by atoms with Crippen LogP contribution < -0.4 is 5.32 Å². The van der Waals surface area contributed by atoms with E-state index >= 15 is 0 Å². The molecule has 82 valence electrons. The minimum Gasteiger partial charge on any atom is -0.449 e. The van der Waals surface area contributed by atoms with Crippen LogP contribution in [0.15, 0.2) is 22.8 Å². The van der Waals surface area contributed by atoms with Crippen LogP contribution in [0.1, 0.15) is 19.3 Å². The summed E-state index contributed by atoms with van der Waals surface area (Å²) in [6, 6.07) is 3.49. The van der Waals surface area contributed by atoms with Crippen molar-refractivity contribution in [3.8, 4) is 0 Å². The predicted octanol–water partition coefficient (Wildman–Crippen LogP) is 2.03. The molecule has 0 aromatic carbocycles. The minimum atomic E-state index is 0.0249. The van der Waals surface area contributed by atoms with Crippen molar-refractivity contribution in [3.63, 3.8) is 0 Å². The van der Waals surface area contributed by atoms with E-state index in [1.165, 1.54) is 0 Å². The number of hydrogen-bond acceptors (Lipinski definition) is 3. The average molecular weight is 209 g/mol. The smallest absolute Gasteiger partial charge is 0.226 e. The van der Waals surface area contributed by atoms with E-state index in [0.717, 1.165) is 26.1 Å². The van der Waals surface area contributed by atoms with Crippen molar-refractivity contribution in [2.45, 2.75) is 19.3 Å². The summed E-state index contributed by atoms with van der Waals surface area (Å²) in [5.41, 5.74) is 0. The SMILES string of the molecule is O=C(CC1CCOCC1)Nc1ccco1. The van der Waals surface area contributed by atoms with Gasteiger partial charge in [0.05, 0.1) is 6.26 Å². The zero-order valence-corrected chi connectivity index (χ0v) is 8.57. The fourth-order valence-electron chi connectivity index (χ4n) is 1.75. The zero-order chi connectivity index (χ0) is 10.5. The molecular formula is C11H15NO3. The maximum Gasteiger partial charge on any atom is 0.226 e. The first-order valence-corrected chi connectivity index (χ1v) is 5.25. The summed E-state index contributed by atoms with van der Waals surface area (Å²) < 4.78 is 10.3. The molecule has 1 aliphatic rings. The fourth-order valence-corrected chi connectivity index (χ4v) is 1.75. The lowest BCUT2D eigenvalue weighted by Crippen LogP contribution is -2.22. The molecule has 1 aromatic rings. The van der Waals surface area contributed by atoms with Gasteiger partial charge in [-0.2, -0.15) is 0 Å². The van der Waals surface area contributed by atoms with Crippen molar-refractivity contribution in [1.82, 2.24) is 0 Å². The molecule has 4 nitrogen and oxygen atoms in total. The van der Waals surface area contributed by atoms with Crippen molar-refractivity contribution >= 4 is 11.8 Å². The maximum atomic E-state index is 11.6. The van der Waals surface area contributed by atoms with Gasteiger partial charge in [0.1, 0.15) is 0 Å². The van der Waals surface area contributed by atoms with Crippen LogP contribution in [0.3, 0.4) is 0 Å². The summed E-state index contributed by atoms with van der Waals surface area (Å²) in [5, 5.41) is 2.72. The molecule has 0 saturated carbocycles. The van der Waals surface area contributed by atoms with Crippen LogP contribution in [-0.4, -0.2) is 19.1 Å². The quantitative estimate of drug-likeness (QED) is 0.828. The topological polar surface area (TPSA) is 51.5 Å². The van der Waals surface area contributed by atoms with Gasteiger partial charge in [-0.05, 0) is 24.8 Å². The highest BCUT2D eigenvalue weighted by molar-refractivity contribution is 5.89. The number of anilines is 1. The Morgan fingerprint density at radius 1 is 1.47 bits per heavy atom. The first-order chi connectivity index (χ1) is 7.34. The normalized spacial score (nSPS) is 17.6. The summed E-state index contributed by atoms with van der Waals surface area (Å²) in [6.45, 7) is 1.55. The van der Waals surface area contributed by atoms with Crippen LogP contribution in [0, 0.1) is 5.92 Å². The molecule has 2 heterocycles. The van der Waals surface area contributed by atoms with Crippen LogP contribution in [0.25, 0.3) is 0 Å². The van der Waals surface area contributed by atoms with Gasteiger partial charge in [0, 0.05) is 25.7 Å². The van der Waals surface area contributed by atoms with E-state index in [-0.39, 0.29) is 5.91 Å². The molecule has 1 amide bonds. The Labute approximate surface area is 88.6 Å². The van der Waals surface area contributed by atoms with E-state index < -0.39 is 0 Å². The second-order valence-corrected chi connectivity index (χ2v) is 3.79. The molecule has 15 heavy (non-hydrogen) atoms. The number of hydrogen-bond donors (Lipinski definition) is 1. The molecule has 1 fully saturated rings. The first-order valence-electron chi connectivity index (χ1n) is 5.25.